The average Bonchev–Trinajstić information content (AvgIpc) is 2.73. The van der Waals surface area contributed by atoms with Gasteiger partial charge < -0.3 is 15.1 Å². The highest BCUT2D eigenvalue weighted by Crippen LogP contribution is 2.31. The van der Waals surface area contributed by atoms with E-state index in [4.69, 9.17) is 0 Å². The van der Waals surface area contributed by atoms with Crippen LogP contribution in [0.4, 0.5) is 23.7 Å². The second-order valence-electron chi connectivity index (χ2n) is 7.70. The van der Waals surface area contributed by atoms with Gasteiger partial charge in [0.25, 0.3) is 0 Å². The highest BCUT2D eigenvalue weighted by Gasteiger charge is 2.31. The van der Waals surface area contributed by atoms with Crippen LogP contribution in [0.5, 0.6) is 0 Å². The predicted octanol–water partition coefficient (Wildman–Crippen LogP) is 5.61. The minimum Gasteiger partial charge on any atom is -0.317 e. The predicted molar refractivity (Wildman–Crippen MR) is 112 cm³/mol. The van der Waals surface area contributed by atoms with E-state index in [1.165, 1.54) is 12.1 Å². The molecule has 30 heavy (non-hydrogen) atoms. The molecule has 0 spiro atoms. The van der Waals surface area contributed by atoms with Crippen molar-refractivity contribution in [2.75, 3.05) is 25.0 Å². The Morgan fingerprint density at radius 2 is 1.80 bits per heavy atom. The van der Waals surface area contributed by atoms with E-state index in [0.29, 0.717) is 6.54 Å². The first-order valence-electron chi connectivity index (χ1n) is 10.4. The van der Waals surface area contributed by atoms with Crippen molar-refractivity contribution >= 4 is 11.7 Å². The van der Waals surface area contributed by atoms with Crippen molar-refractivity contribution < 1.29 is 18.0 Å². The van der Waals surface area contributed by atoms with Crippen molar-refractivity contribution in [3.63, 3.8) is 0 Å². The number of nitrogens with zero attached hydrogens (tertiary/aromatic N) is 2. The quantitative estimate of drug-likeness (QED) is 0.660. The lowest BCUT2D eigenvalue weighted by atomic mass is 10.0. The third-order valence-corrected chi connectivity index (χ3v) is 5.44. The number of halogens is 3. The zero-order valence-electron chi connectivity index (χ0n) is 17.2. The van der Waals surface area contributed by atoms with Gasteiger partial charge in [-0.25, -0.2) is 4.79 Å². The summed E-state index contributed by atoms with van der Waals surface area (Å²) < 4.78 is 39.0. The number of carbonyl (C=O) groups is 1. The molecule has 0 aromatic heterocycles. The largest absolute Gasteiger partial charge is 0.416 e. The number of amides is 2. The number of urea groups is 1. The summed E-state index contributed by atoms with van der Waals surface area (Å²) in [5.74, 6) is 0. The van der Waals surface area contributed by atoms with Crippen molar-refractivity contribution in [1.82, 2.24) is 9.80 Å². The molecule has 0 unspecified atom stereocenters. The number of piperidine rings is 1. The van der Waals surface area contributed by atoms with Gasteiger partial charge in [0.15, 0.2) is 0 Å². The molecule has 1 N–H and O–H groups in total. The minimum atomic E-state index is -4.45. The average molecular weight is 419 g/mol. The lowest BCUT2D eigenvalue weighted by molar-refractivity contribution is -0.137. The molecule has 0 aliphatic carbocycles. The Labute approximate surface area is 175 Å². The van der Waals surface area contributed by atoms with E-state index in [1.54, 1.807) is 4.90 Å². The summed E-state index contributed by atoms with van der Waals surface area (Å²) in [5.41, 5.74) is 0.367. The second kappa shape index (κ2) is 9.98. The Balaban J connectivity index is 1.75. The summed E-state index contributed by atoms with van der Waals surface area (Å²) >= 11 is 0. The maximum absolute atomic E-state index is 13.1. The molecule has 7 heteroatoms. The minimum absolute atomic E-state index is 0.0455. The molecule has 2 aromatic rings. The molecule has 1 aliphatic heterocycles. The number of anilines is 1. The molecule has 162 valence electrons. The second-order valence-corrected chi connectivity index (χ2v) is 7.70. The molecule has 4 nitrogen and oxygen atoms in total. The third-order valence-electron chi connectivity index (χ3n) is 5.44. The Bertz CT molecular complexity index is 818. The lowest BCUT2D eigenvalue weighted by Crippen LogP contribution is -2.48. The molecule has 1 saturated heterocycles. The Kier molecular flexibility index (Phi) is 7.37. The first kappa shape index (κ1) is 22.2. The Morgan fingerprint density at radius 1 is 1.10 bits per heavy atom. The van der Waals surface area contributed by atoms with Gasteiger partial charge in [0.05, 0.1) is 5.56 Å². The summed E-state index contributed by atoms with van der Waals surface area (Å²) in [5, 5.41) is 2.68. The van der Waals surface area contributed by atoms with Crippen molar-refractivity contribution in [1.29, 1.82) is 0 Å². The number of benzene rings is 2. The van der Waals surface area contributed by atoms with E-state index in [9.17, 15) is 18.0 Å². The highest BCUT2D eigenvalue weighted by molar-refractivity contribution is 5.89. The van der Waals surface area contributed by atoms with Gasteiger partial charge in [-0.15, -0.1) is 0 Å². The summed E-state index contributed by atoms with van der Waals surface area (Å²) in [6.07, 6.45) is -1.66. The topological polar surface area (TPSA) is 35.6 Å². The molecular weight excluding hydrogens is 391 g/mol. The highest BCUT2D eigenvalue weighted by atomic mass is 19.4. The smallest absolute Gasteiger partial charge is 0.317 e. The summed E-state index contributed by atoms with van der Waals surface area (Å²) in [6.45, 7) is 5.45. The van der Waals surface area contributed by atoms with Crippen molar-refractivity contribution in [2.24, 2.45) is 0 Å². The first-order valence-corrected chi connectivity index (χ1v) is 10.4. The van der Waals surface area contributed by atoms with Gasteiger partial charge in [-0.1, -0.05) is 43.3 Å². The standard InChI is InChI=1S/C23H28F3N3O/c1-2-13-28-14-11-21(12-15-28)29(17-18-7-4-3-5-8-18)22(30)27-20-10-6-9-19(16-20)23(24,25)26/h3-10,16,21H,2,11-15,17H2,1H3,(H,27,30). The maximum Gasteiger partial charge on any atom is 0.416 e. The van der Waals surface area contributed by atoms with E-state index in [0.717, 1.165) is 56.6 Å². The van der Waals surface area contributed by atoms with E-state index < -0.39 is 11.7 Å². The normalized spacial score (nSPS) is 15.7. The fourth-order valence-corrected chi connectivity index (χ4v) is 3.89. The van der Waals surface area contributed by atoms with Crippen LogP contribution in [0.25, 0.3) is 0 Å². The fourth-order valence-electron chi connectivity index (χ4n) is 3.89. The zero-order chi connectivity index (χ0) is 21.6. The number of carbonyl (C=O) groups excluding carboxylic acids is 1. The van der Waals surface area contributed by atoms with Crippen LogP contribution >= 0.6 is 0 Å². The van der Waals surface area contributed by atoms with Crippen molar-refractivity contribution in [3.05, 3.63) is 65.7 Å². The molecule has 2 amide bonds. The van der Waals surface area contributed by atoms with E-state index in [-0.39, 0.29) is 17.8 Å². The molecule has 1 heterocycles. The van der Waals surface area contributed by atoms with Gasteiger partial charge in [-0.3, -0.25) is 0 Å². The van der Waals surface area contributed by atoms with Crippen LogP contribution in [-0.2, 0) is 12.7 Å². The SMILES string of the molecule is CCCN1CCC(N(Cc2ccccc2)C(=O)Nc2cccc(C(F)(F)F)c2)CC1. The maximum atomic E-state index is 13.1. The molecule has 2 aromatic carbocycles. The fraction of sp³-hybridized carbons (Fsp3) is 0.435. The lowest BCUT2D eigenvalue weighted by Gasteiger charge is -2.38. The molecule has 0 radical (unpaired) electrons. The van der Waals surface area contributed by atoms with Gasteiger partial charge in [-0.05, 0) is 49.6 Å². The van der Waals surface area contributed by atoms with Crippen LogP contribution < -0.4 is 5.32 Å². The number of likely N-dealkylation sites (tertiary alicyclic amines) is 1. The molecule has 1 fully saturated rings. The van der Waals surface area contributed by atoms with Gasteiger partial charge in [0.1, 0.15) is 0 Å². The third kappa shape index (κ3) is 5.98. The molecule has 1 aliphatic rings. The van der Waals surface area contributed by atoms with Gasteiger partial charge in [0.2, 0.25) is 0 Å². The number of rotatable bonds is 6. The number of alkyl halides is 3. The van der Waals surface area contributed by atoms with Gasteiger partial charge >= 0.3 is 12.2 Å². The summed E-state index contributed by atoms with van der Waals surface area (Å²) in [4.78, 5) is 17.3. The molecule has 0 bridgehead atoms. The first-order chi connectivity index (χ1) is 14.4. The summed E-state index contributed by atoms with van der Waals surface area (Å²) in [7, 11) is 0. The van der Waals surface area contributed by atoms with Crippen LogP contribution in [0.15, 0.2) is 54.6 Å². The summed E-state index contributed by atoms with van der Waals surface area (Å²) in [6, 6.07) is 14.1. The van der Waals surface area contributed by atoms with Gasteiger partial charge in [0, 0.05) is 31.4 Å². The zero-order valence-corrected chi connectivity index (χ0v) is 17.2. The molecular formula is C23H28F3N3O. The molecule has 0 saturated carbocycles. The van der Waals surface area contributed by atoms with Crippen LogP contribution in [0.1, 0.15) is 37.3 Å². The number of hydrogen-bond donors (Lipinski definition) is 1. The van der Waals surface area contributed by atoms with E-state index >= 15 is 0 Å². The van der Waals surface area contributed by atoms with Crippen LogP contribution in [-0.4, -0.2) is 41.5 Å². The van der Waals surface area contributed by atoms with Gasteiger partial charge in [-0.2, -0.15) is 13.2 Å². The Hall–Kier alpha value is -2.54. The molecule has 3 rings (SSSR count). The van der Waals surface area contributed by atoms with E-state index in [1.807, 2.05) is 30.3 Å². The number of hydrogen-bond acceptors (Lipinski definition) is 2. The van der Waals surface area contributed by atoms with Crippen LogP contribution in [0, 0.1) is 0 Å². The van der Waals surface area contributed by atoms with Crippen molar-refractivity contribution in [2.45, 2.75) is 44.9 Å². The van der Waals surface area contributed by atoms with Crippen molar-refractivity contribution in [3.8, 4) is 0 Å². The monoisotopic (exact) mass is 419 g/mol. The van der Waals surface area contributed by atoms with E-state index in [2.05, 4.69) is 17.1 Å². The van der Waals surface area contributed by atoms with Crippen LogP contribution in [0.2, 0.25) is 0 Å². The number of nitrogens with one attached hydrogen (secondary N) is 1. The molecule has 0 atom stereocenters. The Morgan fingerprint density at radius 3 is 2.43 bits per heavy atom. The van der Waals surface area contributed by atoms with Crippen LogP contribution in [0.3, 0.4) is 0 Å².